The van der Waals surface area contributed by atoms with E-state index < -0.39 is 0 Å². The highest BCUT2D eigenvalue weighted by Gasteiger charge is 2.35. The number of hydrogen-bond acceptors (Lipinski definition) is 1. The SMILES string of the molecule is [Cl-].c1ccc(CCN2CC[N+]3(CCCC3)CC2)cc1. The average molecular weight is 281 g/mol. The standard InChI is InChI=1S/C16H25N2.ClH/c1-2-6-16(7-3-1)8-9-17-10-14-18(15-11-17)12-4-5-13-18;/h1-3,6-7H,4-5,8-15H2;1H/q+1;/p-1. The average Bonchev–Trinajstić information content (AvgIpc) is 2.88. The molecule has 19 heavy (non-hydrogen) atoms. The maximum absolute atomic E-state index is 2.66. The maximum atomic E-state index is 2.66. The van der Waals surface area contributed by atoms with E-state index in [1.807, 2.05) is 0 Å². The zero-order valence-electron chi connectivity index (χ0n) is 11.7. The second-order valence-corrected chi connectivity index (χ2v) is 6.02. The van der Waals surface area contributed by atoms with Gasteiger partial charge in [-0.3, -0.25) is 4.90 Å². The largest absolute Gasteiger partial charge is 1.00 e. The third-order valence-electron chi connectivity index (χ3n) is 4.86. The predicted octanol–water partition coefficient (Wildman–Crippen LogP) is -0.841. The number of benzene rings is 1. The zero-order chi connectivity index (χ0) is 12.3. The van der Waals surface area contributed by atoms with Crippen molar-refractivity contribution in [1.82, 2.24) is 4.90 Å². The quantitative estimate of drug-likeness (QED) is 0.653. The summed E-state index contributed by atoms with van der Waals surface area (Å²) in [6.45, 7) is 9.56. The number of piperazine rings is 1. The monoisotopic (exact) mass is 280 g/mol. The van der Waals surface area contributed by atoms with Gasteiger partial charge in [-0.1, -0.05) is 30.3 Å². The highest BCUT2D eigenvalue weighted by Crippen LogP contribution is 2.22. The molecule has 3 heteroatoms. The van der Waals surface area contributed by atoms with Gasteiger partial charge in [0.2, 0.25) is 0 Å². The first-order valence-electron chi connectivity index (χ1n) is 7.48. The summed E-state index contributed by atoms with van der Waals surface area (Å²) in [5.41, 5.74) is 1.48. The lowest BCUT2D eigenvalue weighted by molar-refractivity contribution is -0.920. The molecule has 2 aliphatic rings. The van der Waals surface area contributed by atoms with Crippen LogP contribution in [0.5, 0.6) is 0 Å². The molecule has 1 aromatic carbocycles. The van der Waals surface area contributed by atoms with Crippen molar-refractivity contribution in [2.45, 2.75) is 19.3 Å². The fourth-order valence-electron chi connectivity index (χ4n) is 3.54. The number of hydrogen-bond donors (Lipinski definition) is 0. The van der Waals surface area contributed by atoms with E-state index in [1.165, 1.54) is 75.1 Å². The minimum atomic E-state index is 0. The van der Waals surface area contributed by atoms with Crippen LogP contribution in [-0.4, -0.2) is 55.2 Å². The molecule has 3 rings (SSSR count). The van der Waals surface area contributed by atoms with Crippen LogP contribution in [0.25, 0.3) is 0 Å². The Morgan fingerprint density at radius 2 is 1.53 bits per heavy atom. The highest BCUT2D eigenvalue weighted by molar-refractivity contribution is 5.14. The van der Waals surface area contributed by atoms with Crippen LogP contribution in [0.15, 0.2) is 30.3 Å². The number of quaternary nitrogens is 1. The van der Waals surface area contributed by atoms with Gasteiger partial charge < -0.3 is 16.9 Å². The molecule has 2 nitrogen and oxygen atoms in total. The highest BCUT2D eigenvalue weighted by atomic mass is 35.5. The molecule has 1 spiro atoms. The molecule has 0 amide bonds. The minimum Gasteiger partial charge on any atom is -1.00 e. The van der Waals surface area contributed by atoms with Crippen LogP contribution in [0.4, 0.5) is 0 Å². The minimum absolute atomic E-state index is 0. The molecule has 2 fully saturated rings. The van der Waals surface area contributed by atoms with Crippen molar-refractivity contribution in [2.75, 3.05) is 45.8 Å². The molecule has 106 valence electrons. The van der Waals surface area contributed by atoms with Gasteiger partial charge in [-0.05, 0) is 12.0 Å². The first kappa shape index (κ1) is 14.8. The molecule has 0 N–H and O–H groups in total. The second kappa shape index (κ2) is 6.74. The van der Waals surface area contributed by atoms with Gasteiger partial charge in [0.25, 0.3) is 0 Å². The van der Waals surface area contributed by atoms with E-state index >= 15 is 0 Å². The Labute approximate surface area is 123 Å². The van der Waals surface area contributed by atoms with Crippen molar-refractivity contribution < 1.29 is 16.9 Å². The van der Waals surface area contributed by atoms with Crippen LogP contribution in [0, 0.1) is 0 Å². The molecule has 0 saturated carbocycles. The number of halogens is 1. The van der Waals surface area contributed by atoms with Gasteiger partial charge >= 0.3 is 0 Å². The van der Waals surface area contributed by atoms with E-state index in [0.29, 0.717) is 0 Å². The Balaban J connectivity index is 0.00000133. The Kier molecular flexibility index (Phi) is 5.26. The van der Waals surface area contributed by atoms with Crippen LogP contribution in [0.2, 0.25) is 0 Å². The van der Waals surface area contributed by atoms with Gasteiger partial charge in [-0.15, -0.1) is 0 Å². The van der Waals surface area contributed by atoms with Crippen molar-refractivity contribution in [1.29, 1.82) is 0 Å². The van der Waals surface area contributed by atoms with Crippen LogP contribution in [-0.2, 0) is 6.42 Å². The van der Waals surface area contributed by atoms with Crippen LogP contribution in [0.3, 0.4) is 0 Å². The van der Waals surface area contributed by atoms with Crippen molar-refractivity contribution >= 4 is 0 Å². The summed E-state index contributed by atoms with van der Waals surface area (Å²) in [6.07, 6.45) is 4.13. The van der Waals surface area contributed by atoms with E-state index in [1.54, 1.807) is 0 Å². The first-order chi connectivity index (χ1) is 8.86. The summed E-state index contributed by atoms with van der Waals surface area (Å²) >= 11 is 0. The molecule has 2 heterocycles. The van der Waals surface area contributed by atoms with Crippen LogP contribution >= 0.6 is 0 Å². The molecular weight excluding hydrogens is 256 g/mol. The van der Waals surface area contributed by atoms with Crippen LogP contribution < -0.4 is 12.4 Å². The van der Waals surface area contributed by atoms with E-state index in [9.17, 15) is 0 Å². The molecule has 0 aromatic heterocycles. The van der Waals surface area contributed by atoms with Gasteiger partial charge in [-0.25, -0.2) is 0 Å². The van der Waals surface area contributed by atoms with Crippen molar-refractivity contribution in [2.24, 2.45) is 0 Å². The third-order valence-corrected chi connectivity index (χ3v) is 4.86. The second-order valence-electron chi connectivity index (χ2n) is 6.02. The Morgan fingerprint density at radius 3 is 2.16 bits per heavy atom. The lowest BCUT2D eigenvalue weighted by atomic mass is 10.1. The van der Waals surface area contributed by atoms with Crippen molar-refractivity contribution in [3.05, 3.63) is 35.9 Å². The molecule has 2 aliphatic heterocycles. The molecular formula is C16H25ClN2. The van der Waals surface area contributed by atoms with Crippen LogP contribution in [0.1, 0.15) is 18.4 Å². The fourth-order valence-corrected chi connectivity index (χ4v) is 3.54. The van der Waals surface area contributed by atoms with Crippen molar-refractivity contribution in [3.8, 4) is 0 Å². The summed E-state index contributed by atoms with van der Waals surface area (Å²) in [4.78, 5) is 2.66. The van der Waals surface area contributed by atoms with Crippen molar-refractivity contribution in [3.63, 3.8) is 0 Å². The van der Waals surface area contributed by atoms with Gasteiger partial charge in [0.1, 0.15) is 0 Å². The first-order valence-corrected chi connectivity index (χ1v) is 7.48. The van der Waals surface area contributed by atoms with Gasteiger partial charge in [0.05, 0.1) is 26.2 Å². The maximum Gasteiger partial charge on any atom is 0.0916 e. The zero-order valence-corrected chi connectivity index (χ0v) is 12.5. The van der Waals surface area contributed by atoms with E-state index in [4.69, 9.17) is 0 Å². The van der Waals surface area contributed by atoms with Gasteiger partial charge in [0, 0.05) is 32.5 Å². The molecule has 0 bridgehead atoms. The molecule has 0 atom stereocenters. The third kappa shape index (κ3) is 3.71. The molecule has 0 unspecified atom stereocenters. The predicted molar refractivity (Wildman–Crippen MR) is 75.5 cm³/mol. The van der Waals surface area contributed by atoms with E-state index in [2.05, 4.69) is 35.2 Å². The summed E-state index contributed by atoms with van der Waals surface area (Å²) in [5, 5.41) is 0. The topological polar surface area (TPSA) is 3.24 Å². The summed E-state index contributed by atoms with van der Waals surface area (Å²) in [7, 11) is 0. The molecule has 0 aliphatic carbocycles. The smallest absolute Gasteiger partial charge is 0.0916 e. The summed E-state index contributed by atoms with van der Waals surface area (Å²) in [6, 6.07) is 10.9. The molecule has 1 aromatic rings. The lowest BCUT2D eigenvalue weighted by Gasteiger charge is -2.42. The molecule has 2 saturated heterocycles. The summed E-state index contributed by atoms with van der Waals surface area (Å²) < 4.78 is 1.43. The lowest BCUT2D eigenvalue weighted by Crippen LogP contribution is -3.00. The normalized spacial score (nSPS) is 22.3. The van der Waals surface area contributed by atoms with Gasteiger partial charge in [-0.2, -0.15) is 0 Å². The summed E-state index contributed by atoms with van der Waals surface area (Å²) in [5.74, 6) is 0. The van der Waals surface area contributed by atoms with E-state index in [-0.39, 0.29) is 12.4 Å². The molecule has 0 radical (unpaired) electrons. The number of rotatable bonds is 3. The Morgan fingerprint density at radius 1 is 0.895 bits per heavy atom. The van der Waals surface area contributed by atoms with Gasteiger partial charge in [0.15, 0.2) is 0 Å². The Hall–Kier alpha value is -0.570. The Bertz CT molecular complexity index is 364. The fraction of sp³-hybridized carbons (Fsp3) is 0.625. The number of nitrogens with zero attached hydrogens (tertiary/aromatic N) is 2. The van der Waals surface area contributed by atoms with E-state index in [0.717, 1.165) is 0 Å².